The molecule has 1 aliphatic rings. The molecular formula is C14H24N2O4. The Morgan fingerprint density at radius 2 is 1.95 bits per heavy atom. The second kappa shape index (κ2) is 6.72. The number of carboxylic acids is 1. The lowest BCUT2D eigenvalue weighted by Crippen LogP contribution is -2.47. The van der Waals surface area contributed by atoms with E-state index in [9.17, 15) is 14.4 Å². The van der Waals surface area contributed by atoms with E-state index in [0.717, 1.165) is 0 Å². The lowest BCUT2D eigenvalue weighted by molar-refractivity contribution is -0.143. The highest BCUT2D eigenvalue weighted by Crippen LogP contribution is 2.19. The maximum atomic E-state index is 12.1. The van der Waals surface area contributed by atoms with Crippen molar-refractivity contribution in [2.24, 2.45) is 17.8 Å². The van der Waals surface area contributed by atoms with Crippen molar-refractivity contribution in [3.05, 3.63) is 0 Å². The number of nitrogens with zero attached hydrogens (tertiary/aromatic N) is 1. The van der Waals surface area contributed by atoms with Gasteiger partial charge in [0.2, 0.25) is 11.8 Å². The third-order valence-electron chi connectivity index (χ3n) is 3.40. The van der Waals surface area contributed by atoms with Gasteiger partial charge in [-0.25, -0.2) is 4.79 Å². The van der Waals surface area contributed by atoms with Crippen molar-refractivity contribution >= 4 is 17.8 Å². The van der Waals surface area contributed by atoms with Gasteiger partial charge in [0, 0.05) is 19.5 Å². The van der Waals surface area contributed by atoms with E-state index in [1.807, 2.05) is 13.8 Å². The highest BCUT2D eigenvalue weighted by Gasteiger charge is 2.36. The molecular weight excluding hydrogens is 260 g/mol. The molecule has 0 aliphatic carbocycles. The summed E-state index contributed by atoms with van der Waals surface area (Å²) in [6, 6.07) is -0.906. The van der Waals surface area contributed by atoms with Gasteiger partial charge in [0.25, 0.3) is 0 Å². The molecule has 0 spiro atoms. The lowest BCUT2D eigenvalue weighted by atomic mass is 10.0. The van der Waals surface area contributed by atoms with Gasteiger partial charge >= 0.3 is 5.97 Å². The van der Waals surface area contributed by atoms with Gasteiger partial charge in [0.05, 0.1) is 5.92 Å². The molecule has 0 aromatic carbocycles. The molecule has 1 heterocycles. The third kappa shape index (κ3) is 4.21. The Kier molecular flexibility index (Phi) is 5.53. The van der Waals surface area contributed by atoms with Gasteiger partial charge in [-0.3, -0.25) is 9.59 Å². The summed E-state index contributed by atoms with van der Waals surface area (Å²) in [5, 5.41) is 11.6. The van der Waals surface area contributed by atoms with Gasteiger partial charge in [0.1, 0.15) is 6.04 Å². The minimum absolute atomic E-state index is 0.0322. The topological polar surface area (TPSA) is 86.7 Å². The number of nitrogens with one attached hydrogen (secondary N) is 1. The van der Waals surface area contributed by atoms with E-state index in [0.29, 0.717) is 19.0 Å². The summed E-state index contributed by atoms with van der Waals surface area (Å²) in [5.74, 6) is -1.71. The van der Waals surface area contributed by atoms with Crippen LogP contribution >= 0.6 is 0 Å². The Labute approximate surface area is 119 Å². The van der Waals surface area contributed by atoms with Crippen LogP contribution in [0.3, 0.4) is 0 Å². The van der Waals surface area contributed by atoms with Crippen molar-refractivity contribution in [1.82, 2.24) is 10.2 Å². The fourth-order valence-corrected chi connectivity index (χ4v) is 2.35. The Morgan fingerprint density at radius 3 is 2.40 bits per heavy atom. The van der Waals surface area contributed by atoms with Crippen LogP contribution in [0.4, 0.5) is 0 Å². The molecule has 1 unspecified atom stereocenters. The van der Waals surface area contributed by atoms with Crippen molar-refractivity contribution in [2.45, 2.75) is 40.2 Å². The van der Waals surface area contributed by atoms with Gasteiger partial charge in [-0.05, 0) is 11.8 Å². The highest BCUT2D eigenvalue weighted by molar-refractivity contribution is 5.91. The van der Waals surface area contributed by atoms with Crippen molar-refractivity contribution in [3.8, 4) is 0 Å². The van der Waals surface area contributed by atoms with E-state index in [2.05, 4.69) is 5.32 Å². The second-order valence-corrected chi connectivity index (χ2v) is 6.16. The molecule has 2 amide bonds. The summed E-state index contributed by atoms with van der Waals surface area (Å²) >= 11 is 0. The summed E-state index contributed by atoms with van der Waals surface area (Å²) < 4.78 is 0. The van der Waals surface area contributed by atoms with E-state index < -0.39 is 17.9 Å². The molecule has 0 aromatic rings. The van der Waals surface area contributed by atoms with Gasteiger partial charge in [0.15, 0.2) is 0 Å². The van der Waals surface area contributed by atoms with Crippen molar-refractivity contribution < 1.29 is 19.5 Å². The molecule has 1 rings (SSSR count). The number of hydrogen-bond donors (Lipinski definition) is 2. The highest BCUT2D eigenvalue weighted by atomic mass is 16.4. The number of carbonyl (C=O) groups excluding carboxylic acids is 2. The average Bonchev–Trinajstić information content (AvgIpc) is 2.66. The van der Waals surface area contributed by atoms with Gasteiger partial charge in [-0.1, -0.05) is 27.7 Å². The van der Waals surface area contributed by atoms with Crippen LogP contribution in [0.2, 0.25) is 0 Å². The molecule has 1 aliphatic heterocycles. The summed E-state index contributed by atoms with van der Waals surface area (Å²) in [7, 11) is 0. The summed E-state index contributed by atoms with van der Waals surface area (Å²) in [6.07, 6.45) is 0.170. The number of carboxylic acid groups (broad SMARTS) is 1. The van der Waals surface area contributed by atoms with E-state index in [1.54, 1.807) is 18.7 Å². The Bertz CT molecular complexity index is 393. The van der Waals surface area contributed by atoms with E-state index in [-0.39, 0.29) is 24.2 Å². The Morgan fingerprint density at radius 1 is 1.35 bits per heavy atom. The Balaban J connectivity index is 2.61. The van der Waals surface area contributed by atoms with Crippen LogP contribution in [0, 0.1) is 17.8 Å². The molecule has 6 nitrogen and oxygen atoms in total. The fraction of sp³-hybridized carbons (Fsp3) is 0.786. The van der Waals surface area contributed by atoms with Crippen molar-refractivity contribution in [2.75, 3.05) is 13.1 Å². The molecule has 6 heteroatoms. The van der Waals surface area contributed by atoms with E-state index in [1.165, 1.54) is 0 Å². The summed E-state index contributed by atoms with van der Waals surface area (Å²) in [4.78, 5) is 36.6. The number of aliphatic carboxylic acids is 1. The molecule has 2 N–H and O–H groups in total. The minimum Gasteiger partial charge on any atom is -0.480 e. The molecule has 0 aromatic heterocycles. The summed E-state index contributed by atoms with van der Waals surface area (Å²) in [5.41, 5.74) is 0. The number of carbonyl (C=O) groups is 3. The summed E-state index contributed by atoms with van der Waals surface area (Å²) in [6.45, 7) is 8.52. The maximum Gasteiger partial charge on any atom is 0.326 e. The van der Waals surface area contributed by atoms with Crippen molar-refractivity contribution in [1.29, 1.82) is 0 Å². The molecule has 1 fully saturated rings. The first-order valence-corrected chi connectivity index (χ1v) is 7.03. The lowest BCUT2D eigenvalue weighted by Gasteiger charge is -2.21. The molecule has 0 radical (unpaired) electrons. The average molecular weight is 284 g/mol. The fourth-order valence-electron chi connectivity index (χ4n) is 2.35. The largest absolute Gasteiger partial charge is 0.480 e. The number of amides is 2. The monoisotopic (exact) mass is 284 g/mol. The molecule has 2 atom stereocenters. The van der Waals surface area contributed by atoms with E-state index in [4.69, 9.17) is 5.11 Å². The normalized spacial score (nSPS) is 20.6. The predicted molar refractivity (Wildman–Crippen MR) is 73.9 cm³/mol. The van der Waals surface area contributed by atoms with Crippen LogP contribution in [-0.2, 0) is 14.4 Å². The molecule has 114 valence electrons. The molecule has 20 heavy (non-hydrogen) atoms. The van der Waals surface area contributed by atoms with Crippen LogP contribution < -0.4 is 5.32 Å². The zero-order valence-electron chi connectivity index (χ0n) is 12.5. The van der Waals surface area contributed by atoms with Crippen LogP contribution in [0.5, 0.6) is 0 Å². The smallest absolute Gasteiger partial charge is 0.326 e. The van der Waals surface area contributed by atoms with Crippen LogP contribution in [0.1, 0.15) is 34.1 Å². The molecule has 0 bridgehead atoms. The maximum absolute atomic E-state index is 12.1. The van der Waals surface area contributed by atoms with Gasteiger partial charge < -0.3 is 15.3 Å². The quantitative estimate of drug-likeness (QED) is 0.752. The first-order valence-electron chi connectivity index (χ1n) is 7.03. The van der Waals surface area contributed by atoms with Crippen LogP contribution in [0.15, 0.2) is 0 Å². The van der Waals surface area contributed by atoms with Gasteiger partial charge in [-0.2, -0.15) is 0 Å². The Hall–Kier alpha value is -1.59. The standard InChI is InChI=1S/C14H24N2O4/c1-8(2)6-16-7-10(5-11(16)17)13(18)15-12(9(3)4)14(19)20/h8-10,12H,5-7H2,1-4H3,(H,15,18)(H,19,20)/t10?,12-/m0/s1. The number of hydrogen-bond acceptors (Lipinski definition) is 3. The zero-order chi connectivity index (χ0) is 15.4. The molecule has 1 saturated heterocycles. The molecule has 0 saturated carbocycles. The first kappa shape index (κ1) is 16.5. The zero-order valence-corrected chi connectivity index (χ0v) is 12.5. The van der Waals surface area contributed by atoms with Crippen LogP contribution in [0.25, 0.3) is 0 Å². The number of likely N-dealkylation sites (tertiary alicyclic amines) is 1. The predicted octanol–water partition coefficient (Wildman–Crippen LogP) is 0.716. The first-order chi connectivity index (χ1) is 9.22. The van der Waals surface area contributed by atoms with Crippen LogP contribution in [-0.4, -0.2) is 46.9 Å². The van der Waals surface area contributed by atoms with E-state index >= 15 is 0 Å². The SMILES string of the molecule is CC(C)CN1CC(C(=O)N[C@H](C(=O)O)C(C)C)CC1=O. The number of rotatable bonds is 6. The third-order valence-corrected chi connectivity index (χ3v) is 3.40. The van der Waals surface area contributed by atoms with Crippen molar-refractivity contribution in [3.63, 3.8) is 0 Å². The van der Waals surface area contributed by atoms with Gasteiger partial charge in [-0.15, -0.1) is 0 Å². The minimum atomic E-state index is -1.04. The second-order valence-electron chi connectivity index (χ2n) is 6.16.